The third kappa shape index (κ3) is 4.04. The highest BCUT2D eigenvalue weighted by atomic mass is 35.5. The number of aryl methyl sites for hydroxylation is 1. The molecule has 0 aliphatic heterocycles. The molecule has 0 fully saturated rings. The summed E-state index contributed by atoms with van der Waals surface area (Å²) in [5, 5.41) is 3.65. The molecule has 1 aromatic heterocycles. The van der Waals surface area contributed by atoms with Crippen molar-refractivity contribution in [2.45, 2.75) is 6.92 Å². The summed E-state index contributed by atoms with van der Waals surface area (Å²) in [5.41, 5.74) is 1.73. The van der Waals surface area contributed by atoms with Crippen molar-refractivity contribution < 1.29 is 18.7 Å². The molecule has 8 heteroatoms. The number of methoxy groups -OCH3 is 1. The molecule has 2 aromatic carbocycles. The van der Waals surface area contributed by atoms with Crippen LogP contribution in [0.2, 0.25) is 10.0 Å². The summed E-state index contributed by atoms with van der Waals surface area (Å²) in [5.74, 6) is -1.44. The van der Waals surface area contributed by atoms with Crippen LogP contribution in [0.4, 0.5) is 9.39 Å². The average Bonchev–Trinajstić information content (AvgIpc) is 2.99. The number of hydrogen-bond donors (Lipinski definition) is 1. The quantitative estimate of drug-likeness (QED) is 0.493. The van der Waals surface area contributed by atoms with Crippen LogP contribution in [-0.2, 0) is 4.74 Å². The number of hydrogen-bond acceptors (Lipinski definition) is 4. The van der Waals surface area contributed by atoms with Crippen molar-refractivity contribution in [3.63, 3.8) is 0 Å². The number of anilines is 1. The fraction of sp³-hybridized carbons (Fsp3) is 0.100. The molecular weight excluding hydrogens is 424 g/mol. The molecule has 144 valence electrons. The second-order valence-electron chi connectivity index (χ2n) is 5.82. The van der Waals surface area contributed by atoms with E-state index in [1.165, 1.54) is 48.8 Å². The number of carbonyl (C=O) groups is 2. The fourth-order valence-corrected chi connectivity index (χ4v) is 4.06. The Balaban J connectivity index is 2.04. The van der Waals surface area contributed by atoms with E-state index in [0.29, 0.717) is 26.7 Å². The lowest BCUT2D eigenvalue weighted by atomic mass is 10.0. The first-order valence-electron chi connectivity index (χ1n) is 8.06. The zero-order valence-corrected chi connectivity index (χ0v) is 17.1. The largest absolute Gasteiger partial charge is 0.465 e. The maximum absolute atomic E-state index is 13.3. The van der Waals surface area contributed by atoms with Gasteiger partial charge in [-0.15, -0.1) is 11.3 Å². The van der Waals surface area contributed by atoms with E-state index in [9.17, 15) is 14.0 Å². The zero-order valence-electron chi connectivity index (χ0n) is 14.8. The van der Waals surface area contributed by atoms with E-state index < -0.39 is 11.9 Å². The first kappa shape index (κ1) is 20.3. The summed E-state index contributed by atoms with van der Waals surface area (Å²) < 4.78 is 18.2. The lowest BCUT2D eigenvalue weighted by molar-refractivity contribution is 0.0603. The van der Waals surface area contributed by atoms with Crippen LogP contribution in [-0.4, -0.2) is 19.0 Å². The molecule has 0 saturated carbocycles. The van der Waals surface area contributed by atoms with Gasteiger partial charge in [-0.05, 0) is 42.8 Å². The van der Waals surface area contributed by atoms with Gasteiger partial charge in [-0.25, -0.2) is 9.18 Å². The van der Waals surface area contributed by atoms with Crippen LogP contribution in [0.3, 0.4) is 0 Å². The summed E-state index contributed by atoms with van der Waals surface area (Å²) in [4.78, 5) is 25.9. The van der Waals surface area contributed by atoms with Gasteiger partial charge >= 0.3 is 5.97 Å². The second kappa shape index (κ2) is 8.31. The van der Waals surface area contributed by atoms with Crippen LogP contribution in [0.25, 0.3) is 11.1 Å². The summed E-state index contributed by atoms with van der Waals surface area (Å²) in [6.45, 7) is 1.81. The van der Waals surface area contributed by atoms with Crippen molar-refractivity contribution in [3.8, 4) is 11.1 Å². The number of rotatable bonds is 4. The van der Waals surface area contributed by atoms with Gasteiger partial charge in [-0.3, -0.25) is 4.79 Å². The zero-order chi connectivity index (χ0) is 20.4. The van der Waals surface area contributed by atoms with Gasteiger partial charge in [0.15, 0.2) is 0 Å². The minimum atomic E-state index is -0.604. The smallest absolute Gasteiger partial charge is 0.341 e. The minimum Gasteiger partial charge on any atom is -0.465 e. The van der Waals surface area contributed by atoms with Gasteiger partial charge in [0.2, 0.25) is 0 Å². The molecule has 1 amide bonds. The third-order valence-electron chi connectivity index (χ3n) is 4.02. The van der Waals surface area contributed by atoms with Crippen molar-refractivity contribution in [3.05, 3.63) is 74.3 Å². The third-order valence-corrected chi connectivity index (χ3v) is 5.78. The lowest BCUT2D eigenvalue weighted by Crippen LogP contribution is -2.14. The summed E-state index contributed by atoms with van der Waals surface area (Å²) in [6, 6.07) is 10.2. The number of carbonyl (C=O) groups excluding carboxylic acids is 2. The number of thiophene rings is 1. The van der Waals surface area contributed by atoms with Gasteiger partial charge < -0.3 is 10.1 Å². The van der Waals surface area contributed by atoms with Crippen molar-refractivity contribution >= 4 is 51.4 Å². The van der Waals surface area contributed by atoms with E-state index in [0.717, 1.165) is 4.88 Å². The molecule has 0 bridgehead atoms. The normalized spacial score (nSPS) is 10.6. The van der Waals surface area contributed by atoms with Gasteiger partial charge in [-0.2, -0.15) is 0 Å². The van der Waals surface area contributed by atoms with Crippen LogP contribution in [0.5, 0.6) is 0 Å². The van der Waals surface area contributed by atoms with E-state index in [2.05, 4.69) is 5.32 Å². The number of ether oxygens (including phenoxy) is 1. The maximum atomic E-state index is 13.3. The molecule has 3 rings (SSSR count). The highest BCUT2D eigenvalue weighted by Gasteiger charge is 2.25. The first-order chi connectivity index (χ1) is 13.3. The monoisotopic (exact) mass is 437 g/mol. The van der Waals surface area contributed by atoms with Crippen LogP contribution in [0.1, 0.15) is 25.6 Å². The first-order valence-corrected chi connectivity index (χ1v) is 9.63. The Bertz CT molecular complexity index is 1060. The summed E-state index contributed by atoms with van der Waals surface area (Å²) in [7, 11) is 1.26. The molecule has 0 radical (unpaired) electrons. The Hall–Kier alpha value is -2.41. The van der Waals surface area contributed by atoms with Gasteiger partial charge in [0, 0.05) is 16.0 Å². The molecule has 4 nitrogen and oxygen atoms in total. The van der Waals surface area contributed by atoms with Crippen LogP contribution < -0.4 is 5.32 Å². The van der Waals surface area contributed by atoms with Gasteiger partial charge in [0.1, 0.15) is 16.4 Å². The fourth-order valence-electron chi connectivity index (χ4n) is 2.71. The Morgan fingerprint density at radius 2 is 1.75 bits per heavy atom. The van der Waals surface area contributed by atoms with E-state index >= 15 is 0 Å². The van der Waals surface area contributed by atoms with Gasteiger partial charge in [0.25, 0.3) is 5.91 Å². The standard InChI is InChI=1S/C20H14Cl2FNO3S/c1-10-16(11-3-6-13(23)7-4-11)17(20(26)27-2)19(28-10)24-18(25)12-5-8-14(21)15(22)9-12/h3-9H,1-2H3,(H,24,25). The van der Waals surface area contributed by atoms with Crippen molar-refractivity contribution in [1.29, 1.82) is 0 Å². The Kier molecular flexibility index (Phi) is 6.03. The van der Waals surface area contributed by atoms with Gasteiger partial charge in [0.05, 0.1) is 17.2 Å². The number of benzene rings is 2. The summed E-state index contributed by atoms with van der Waals surface area (Å²) >= 11 is 13.1. The second-order valence-corrected chi connectivity index (χ2v) is 7.86. The number of nitrogens with one attached hydrogen (secondary N) is 1. The molecule has 0 saturated heterocycles. The molecule has 0 aliphatic carbocycles. The topological polar surface area (TPSA) is 55.4 Å². The predicted molar refractivity (Wildman–Crippen MR) is 110 cm³/mol. The molecule has 0 aliphatic rings. The number of esters is 1. The Morgan fingerprint density at radius 3 is 2.36 bits per heavy atom. The van der Waals surface area contributed by atoms with Crippen LogP contribution in [0, 0.1) is 12.7 Å². The van der Waals surface area contributed by atoms with Crippen molar-refractivity contribution in [1.82, 2.24) is 0 Å². The Morgan fingerprint density at radius 1 is 1.07 bits per heavy atom. The Labute approximate surface area is 174 Å². The average molecular weight is 438 g/mol. The number of halogens is 3. The molecule has 3 aromatic rings. The SMILES string of the molecule is COC(=O)c1c(NC(=O)c2ccc(Cl)c(Cl)c2)sc(C)c1-c1ccc(F)cc1. The lowest BCUT2D eigenvalue weighted by Gasteiger charge is -2.09. The van der Waals surface area contributed by atoms with E-state index in [1.54, 1.807) is 12.1 Å². The molecule has 1 heterocycles. The number of amides is 1. The maximum Gasteiger partial charge on any atom is 0.341 e. The van der Waals surface area contributed by atoms with Crippen molar-refractivity contribution in [2.75, 3.05) is 12.4 Å². The molecule has 0 atom stereocenters. The minimum absolute atomic E-state index is 0.213. The van der Waals surface area contributed by atoms with Crippen molar-refractivity contribution in [2.24, 2.45) is 0 Å². The van der Waals surface area contributed by atoms with E-state index in [-0.39, 0.29) is 16.4 Å². The molecule has 28 heavy (non-hydrogen) atoms. The highest BCUT2D eigenvalue weighted by Crippen LogP contribution is 2.40. The van der Waals surface area contributed by atoms with E-state index in [1.807, 2.05) is 6.92 Å². The highest BCUT2D eigenvalue weighted by molar-refractivity contribution is 7.17. The van der Waals surface area contributed by atoms with Crippen LogP contribution in [0.15, 0.2) is 42.5 Å². The molecular formula is C20H14Cl2FNO3S. The molecule has 1 N–H and O–H groups in total. The van der Waals surface area contributed by atoms with Gasteiger partial charge in [-0.1, -0.05) is 35.3 Å². The predicted octanol–water partition coefficient (Wildman–Crippen LogP) is 6.21. The molecule has 0 unspecified atom stereocenters. The summed E-state index contributed by atoms with van der Waals surface area (Å²) in [6.07, 6.45) is 0. The van der Waals surface area contributed by atoms with E-state index in [4.69, 9.17) is 27.9 Å². The molecule has 0 spiro atoms. The van der Waals surface area contributed by atoms with Crippen LogP contribution >= 0.6 is 34.5 Å².